The van der Waals surface area contributed by atoms with Crippen LogP contribution in [0.1, 0.15) is 23.5 Å². The van der Waals surface area contributed by atoms with Gasteiger partial charge in [-0.25, -0.2) is 9.97 Å². The Bertz CT molecular complexity index is 910. The zero-order valence-corrected chi connectivity index (χ0v) is 14.1. The maximum absolute atomic E-state index is 10.9. The summed E-state index contributed by atoms with van der Waals surface area (Å²) >= 11 is 0. The first-order chi connectivity index (χ1) is 12.5. The molecule has 0 bridgehead atoms. The average molecular weight is 354 g/mol. The molecule has 0 saturated heterocycles. The van der Waals surface area contributed by atoms with Gasteiger partial charge in [0.05, 0.1) is 6.54 Å². The van der Waals surface area contributed by atoms with Crippen LogP contribution in [-0.2, 0) is 17.8 Å². The van der Waals surface area contributed by atoms with E-state index in [0.717, 1.165) is 11.1 Å². The molecule has 26 heavy (non-hydrogen) atoms. The van der Waals surface area contributed by atoms with Crippen molar-refractivity contribution in [2.45, 2.75) is 26.3 Å². The third-order valence-corrected chi connectivity index (χ3v) is 3.71. The highest BCUT2D eigenvalue weighted by Gasteiger charge is 2.13. The van der Waals surface area contributed by atoms with E-state index in [9.17, 15) is 4.79 Å². The standard InChI is InChI=1S/C16H18N8O2/c1-9-11(2-3-13(25)26)15(22-16(17)20-9)19-8-12-21-14(24-23-12)10-4-6-18-7-5-10/h4-7H,2-3,8H2,1H3,(H,25,26)(H,21,23,24)(H3,17,19,20,22). The number of aryl methyl sites for hydroxylation is 1. The Hall–Kier alpha value is -3.56. The molecule has 10 nitrogen and oxygen atoms in total. The molecule has 0 fully saturated rings. The minimum atomic E-state index is -0.885. The highest BCUT2D eigenvalue weighted by Crippen LogP contribution is 2.20. The smallest absolute Gasteiger partial charge is 0.303 e. The van der Waals surface area contributed by atoms with Gasteiger partial charge in [0.2, 0.25) is 5.95 Å². The number of hydrogen-bond acceptors (Lipinski definition) is 8. The fourth-order valence-electron chi connectivity index (χ4n) is 2.47. The molecule has 0 aliphatic heterocycles. The summed E-state index contributed by atoms with van der Waals surface area (Å²) in [5.74, 6) is 0.908. The Morgan fingerprint density at radius 1 is 1.27 bits per heavy atom. The number of carboxylic acid groups (broad SMARTS) is 1. The van der Waals surface area contributed by atoms with Crippen molar-refractivity contribution in [2.24, 2.45) is 0 Å². The Morgan fingerprint density at radius 2 is 2.04 bits per heavy atom. The van der Waals surface area contributed by atoms with E-state index in [-0.39, 0.29) is 12.4 Å². The normalized spacial score (nSPS) is 10.7. The number of rotatable bonds is 7. The minimum Gasteiger partial charge on any atom is -0.481 e. The number of nitrogen functional groups attached to an aromatic ring is 1. The van der Waals surface area contributed by atoms with Crippen molar-refractivity contribution < 1.29 is 9.90 Å². The molecule has 0 aromatic carbocycles. The highest BCUT2D eigenvalue weighted by atomic mass is 16.4. The van der Waals surface area contributed by atoms with Crippen molar-refractivity contribution in [3.05, 3.63) is 41.6 Å². The predicted molar refractivity (Wildman–Crippen MR) is 94.1 cm³/mol. The SMILES string of the molecule is Cc1nc(N)nc(NCc2nc(-c3ccncc3)n[nH]2)c1CCC(=O)O. The van der Waals surface area contributed by atoms with E-state index in [1.165, 1.54) is 0 Å². The number of H-pyrrole nitrogens is 1. The second-order valence-electron chi connectivity index (χ2n) is 5.58. The number of anilines is 2. The van der Waals surface area contributed by atoms with Gasteiger partial charge in [0, 0.05) is 35.6 Å². The van der Waals surface area contributed by atoms with Crippen LogP contribution < -0.4 is 11.1 Å². The van der Waals surface area contributed by atoms with Crippen molar-refractivity contribution in [2.75, 3.05) is 11.1 Å². The van der Waals surface area contributed by atoms with Crippen LogP contribution in [0.2, 0.25) is 0 Å². The van der Waals surface area contributed by atoms with Crippen molar-refractivity contribution >= 4 is 17.7 Å². The minimum absolute atomic E-state index is 0.0166. The van der Waals surface area contributed by atoms with Gasteiger partial charge in [-0.05, 0) is 25.5 Å². The number of hydrogen-bond donors (Lipinski definition) is 4. The Kier molecular flexibility index (Phi) is 5.02. The van der Waals surface area contributed by atoms with E-state index in [1.807, 2.05) is 12.1 Å². The van der Waals surface area contributed by atoms with E-state index in [4.69, 9.17) is 10.8 Å². The zero-order valence-electron chi connectivity index (χ0n) is 14.1. The van der Waals surface area contributed by atoms with E-state index >= 15 is 0 Å². The second kappa shape index (κ2) is 7.55. The number of carbonyl (C=O) groups is 1. The summed E-state index contributed by atoms with van der Waals surface area (Å²) in [5.41, 5.74) is 7.93. The van der Waals surface area contributed by atoms with Crippen molar-refractivity contribution in [1.29, 1.82) is 0 Å². The summed E-state index contributed by atoms with van der Waals surface area (Å²) < 4.78 is 0. The van der Waals surface area contributed by atoms with Gasteiger partial charge in [0.25, 0.3) is 0 Å². The van der Waals surface area contributed by atoms with Gasteiger partial charge in [-0.2, -0.15) is 10.1 Å². The van der Waals surface area contributed by atoms with Crippen LogP contribution in [-0.4, -0.2) is 41.2 Å². The first kappa shape index (κ1) is 17.3. The van der Waals surface area contributed by atoms with Gasteiger partial charge in [0.15, 0.2) is 5.82 Å². The topological polar surface area (TPSA) is 156 Å². The third kappa shape index (κ3) is 4.09. The van der Waals surface area contributed by atoms with Crippen LogP contribution in [0.15, 0.2) is 24.5 Å². The number of nitrogens with zero attached hydrogens (tertiary/aromatic N) is 5. The number of nitrogens with two attached hydrogens (primary N) is 1. The molecule has 0 aliphatic carbocycles. The zero-order chi connectivity index (χ0) is 18.5. The molecule has 10 heteroatoms. The molecule has 0 spiro atoms. The predicted octanol–water partition coefficient (Wildman–Crippen LogP) is 1.18. The average Bonchev–Trinajstić information content (AvgIpc) is 3.08. The van der Waals surface area contributed by atoms with E-state index < -0.39 is 5.97 Å². The second-order valence-corrected chi connectivity index (χ2v) is 5.58. The van der Waals surface area contributed by atoms with E-state index in [2.05, 4.69) is 35.5 Å². The van der Waals surface area contributed by atoms with Gasteiger partial charge in [-0.1, -0.05) is 0 Å². The number of aromatic nitrogens is 6. The summed E-state index contributed by atoms with van der Waals surface area (Å²) in [5, 5.41) is 19.1. The maximum atomic E-state index is 10.9. The Balaban J connectivity index is 1.75. The maximum Gasteiger partial charge on any atom is 0.303 e. The molecular formula is C16H18N8O2. The molecule has 3 rings (SSSR count). The molecular weight excluding hydrogens is 336 g/mol. The number of aliphatic carboxylic acids is 1. The van der Waals surface area contributed by atoms with Gasteiger partial charge < -0.3 is 16.2 Å². The molecule has 134 valence electrons. The van der Waals surface area contributed by atoms with Crippen molar-refractivity contribution in [1.82, 2.24) is 30.1 Å². The molecule has 3 aromatic rings. The van der Waals surface area contributed by atoms with Gasteiger partial charge in [-0.3, -0.25) is 14.9 Å². The van der Waals surface area contributed by atoms with Crippen LogP contribution in [0.3, 0.4) is 0 Å². The van der Waals surface area contributed by atoms with Crippen LogP contribution in [0, 0.1) is 6.92 Å². The van der Waals surface area contributed by atoms with E-state index in [1.54, 1.807) is 19.3 Å². The van der Waals surface area contributed by atoms with Gasteiger partial charge in [-0.15, -0.1) is 0 Å². The number of aromatic amines is 1. The van der Waals surface area contributed by atoms with Crippen LogP contribution >= 0.6 is 0 Å². The van der Waals surface area contributed by atoms with Crippen LogP contribution in [0.25, 0.3) is 11.4 Å². The summed E-state index contributed by atoms with van der Waals surface area (Å²) in [6.45, 7) is 2.10. The molecule has 0 radical (unpaired) electrons. The Labute approximate surface area is 148 Å². The number of pyridine rings is 1. The van der Waals surface area contributed by atoms with Crippen molar-refractivity contribution in [3.8, 4) is 11.4 Å². The monoisotopic (exact) mass is 354 g/mol. The molecule has 0 amide bonds. The number of carboxylic acids is 1. The number of nitrogens with one attached hydrogen (secondary N) is 2. The lowest BCUT2D eigenvalue weighted by molar-refractivity contribution is -0.136. The molecule has 0 saturated carbocycles. The quantitative estimate of drug-likeness (QED) is 0.489. The summed E-state index contributed by atoms with van der Waals surface area (Å²) in [6, 6.07) is 3.64. The lowest BCUT2D eigenvalue weighted by atomic mass is 10.1. The molecule has 0 aliphatic rings. The lowest BCUT2D eigenvalue weighted by Crippen LogP contribution is -2.12. The third-order valence-electron chi connectivity index (χ3n) is 3.71. The van der Waals surface area contributed by atoms with Crippen molar-refractivity contribution in [3.63, 3.8) is 0 Å². The first-order valence-electron chi connectivity index (χ1n) is 7.93. The van der Waals surface area contributed by atoms with E-state index in [0.29, 0.717) is 36.1 Å². The van der Waals surface area contributed by atoms with Crippen LogP contribution in [0.5, 0.6) is 0 Å². The fraction of sp³-hybridized carbons (Fsp3) is 0.250. The molecule has 0 atom stereocenters. The molecule has 3 aromatic heterocycles. The first-order valence-corrected chi connectivity index (χ1v) is 7.93. The summed E-state index contributed by atoms with van der Waals surface area (Å²) in [7, 11) is 0. The van der Waals surface area contributed by atoms with Crippen LogP contribution in [0.4, 0.5) is 11.8 Å². The highest BCUT2D eigenvalue weighted by molar-refractivity contribution is 5.67. The largest absolute Gasteiger partial charge is 0.481 e. The fourth-order valence-corrected chi connectivity index (χ4v) is 2.47. The molecule has 5 N–H and O–H groups in total. The summed E-state index contributed by atoms with van der Waals surface area (Å²) in [6.07, 6.45) is 3.63. The molecule has 0 unspecified atom stereocenters. The Morgan fingerprint density at radius 3 is 2.77 bits per heavy atom. The molecule has 3 heterocycles. The van der Waals surface area contributed by atoms with Gasteiger partial charge >= 0.3 is 5.97 Å². The lowest BCUT2D eigenvalue weighted by Gasteiger charge is -2.12. The summed E-state index contributed by atoms with van der Waals surface area (Å²) in [4.78, 5) is 27.5. The van der Waals surface area contributed by atoms with Gasteiger partial charge in [0.1, 0.15) is 11.6 Å².